The molecular formula is C11H19NO4. The van der Waals surface area contributed by atoms with Crippen molar-refractivity contribution in [3.63, 3.8) is 0 Å². The third-order valence-electron chi connectivity index (χ3n) is 2.42. The number of carbonyl (C=O) groups is 1. The maximum Gasteiger partial charge on any atom is 0.309 e. The Balaban J connectivity index is 4.59. The number of aliphatic hydroxyl groups excluding tert-OH is 2. The minimum absolute atomic E-state index is 0.0954. The van der Waals surface area contributed by atoms with E-state index in [0.717, 1.165) is 0 Å². The minimum Gasteiger partial charge on any atom is -0.481 e. The van der Waals surface area contributed by atoms with Crippen LogP contribution in [0.15, 0.2) is 0 Å². The van der Waals surface area contributed by atoms with Crippen LogP contribution >= 0.6 is 0 Å². The maximum atomic E-state index is 11.0. The Morgan fingerprint density at radius 3 is 2.19 bits per heavy atom. The highest BCUT2D eigenvalue weighted by molar-refractivity contribution is 5.71. The first-order chi connectivity index (χ1) is 7.20. The lowest BCUT2D eigenvalue weighted by Gasteiger charge is -2.31. The van der Waals surface area contributed by atoms with Crippen molar-refractivity contribution in [1.82, 2.24) is 0 Å². The Kier molecular flexibility index (Phi) is 5.42. The van der Waals surface area contributed by atoms with Gasteiger partial charge in [0, 0.05) is 6.42 Å². The summed E-state index contributed by atoms with van der Waals surface area (Å²) in [6.07, 6.45) is -2.33. The lowest BCUT2D eigenvalue weighted by molar-refractivity contribution is -0.152. The standard InChI is InChI=1S/C11H19NO4/c1-11(2,3)9(10(15)16)8(14)6-7(13)4-5-12/h7-9,13-14H,4,6H2,1-3H3,(H,15,16). The van der Waals surface area contributed by atoms with Gasteiger partial charge in [0.1, 0.15) is 0 Å². The van der Waals surface area contributed by atoms with E-state index in [-0.39, 0.29) is 12.8 Å². The molecule has 0 aromatic carbocycles. The number of aliphatic hydroxyl groups is 2. The smallest absolute Gasteiger partial charge is 0.309 e. The summed E-state index contributed by atoms with van der Waals surface area (Å²) in [6.45, 7) is 5.14. The van der Waals surface area contributed by atoms with Crippen LogP contribution in [0, 0.1) is 22.7 Å². The third kappa shape index (κ3) is 4.60. The highest BCUT2D eigenvalue weighted by Gasteiger charge is 2.37. The monoisotopic (exact) mass is 229 g/mol. The van der Waals surface area contributed by atoms with Crippen LogP contribution in [0.3, 0.4) is 0 Å². The fourth-order valence-electron chi connectivity index (χ4n) is 1.72. The molecule has 0 saturated carbocycles. The summed E-state index contributed by atoms with van der Waals surface area (Å²) in [5.41, 5.74) is -0.600. The lowest BCUT2D eigenvalue weighted by atomic mass is 9.76. The summed E-state index contributed by atoms with van der Waals surface area (Å²) >= 11 is 0. The quantitative estimate of drug-likeness (QED) is 0.646. The molecule has 0 heterocycles. The van der Waals surface area contributed by atoms with Crippen LogP contribution in [0.1, 0.15) is 33.6 Å². The van der Waals surface area contributed by atoms with Gasteiger partial charge in [-0.3, -0.25) is 4.79 Å². The van der Waals surface area contributed by atoms with Gasteiger partial charge in [-0.25, -0.2) is 0 Å². The second-order valence-corrected chi connectivity index (χ2v) is 5.00. The SMILES string of the molecule is CC(C)(C)C(C(=O)O)C(O)CC(O)CC#N. The molecular weight excluding hydrogens is 210 g/mol. The Morgan fingerprint density at radius 2 is 1.88 bits per heavy atom. The maximum absolute atomic E-state index is 11.0. The van der Waals surface area contributed by atoms with Gasteiger partial charge in [0.05, 0.1) is 30.6 Å². The lowest BCUT2D eigenvalue weighted by Crippen LogP contribution is -2.40. The van der Waals surface area contributed by atoms with Gasteiger partial charge >= 0.3 is 5.97 Å². The van der Waals surface area contributed by atoms with E-state index >= 15 is 0 Å². The highest BCUT2D eigenvalue weighted by atomic mass is 16.4. The molecule has 0 bridgehead atoms. The number of carboxylic acid groups (broad SMARTS) is 1. The molecule has 0 aliphatic heterocycles. The van der Waals surface area contributed by atoms with Gasteiger partial charge in [0.25, 0.3) is 0 Å². The zero-order chi connectivity index (χ0) is 12.9. The first kappa shape index (κ1) is 14.9. The van der Waals surface area contributed by atoms with Crippen LogP contribution in [0.4, 0.5) is 0 Å². The van der Waals surface area contributed by atoms with Crippen molar-refractivity contribution in [1.29, 1.82) is 5.26 Å². The molecule has 0 spiro atoms. The van der Waals surface area contributed by atoms with Crippen LogP contribution in [-0.4, -0.2) is 33.5 Å². The van der Waals surface area contributed by atoms with Crippen molar-refractivity contribution in [2.45, 2.75) is 45.8 Å². The molecule has 0 aliphatic rings. The van der Waals surface area contributed by atoms with Gasteiger partial charge in [-0.05, 0) is 5.41 Å². The van der Waals surface area contributed by atoms with Crippen LogP contribution in [-0.2, 0) is 4.79 Å². The molecule has 0 fully saturated rings. The van der Waals surface area contributed by atoms with Gasteiger partial charge < -0.3 is 15.3 Å². The van der Waals surface area contributed by atoms with Crippen molar-refractivity contribution in [3.8, 4) is 6.07 Å². The Hall–Kier alpha value is -1.12. The van der Waals surface area contributed by atoms with Gasteiger partial charge in [0.2, 0.25) is 0 Å². The number of hydrogen-bond acceptors (Lipinski definition) is 4. The third-order valence-corrected chi connectivity index (χ3v) is 2.42. The average Bonchev–Trinajstić information content (AvgIpc) is 1.99. The summed E-state index contributed by atoms with van der Waals surface area (Å²) < 4.78 is 0. The Morgan fingerprint density at radius 1 is 1.38 bits per heavy atom. The predicted octanol–water partition coefficient (Wildman–Crippen LogP) is 0.759. The second-order valence-electron chi connectivity index (χ2n) is 5.00. The van der Waals surface area contributed by atoms with E-state index in [4.69, 9.17) is 10.4 Å². The zero-order valence-electron chi connectivity index (χ0n) is 9.84. The fraction of sp³-hybridized carbons (Fsp3) is 0.818. The molecule has 3 N–H and O–H groups in total. The van der Waals surface area contributed by atoms with Crippen molar-refractivity contribution in [2.75, 3.05) is 0 Å². The van der Waals surface area contributed by atoms with E-state index in [1.54, 1.807) is 26.8 Å². The number of nitrogens with zero attached hydrogens (tertiary/aromatic N) is 1. The van der Waals surface area contributed by atoms with E-state index in [9.17, 15) is 15.0 Å². The molecule has 16 heavy (non-hydrogen) atoms. The largest absolute Gasteiger partial charge is 0.481 e. The van der Waals surface area contributed by atoms with Crippen molar-refractivity contribution >= 4 is 5.97 Å². The van der Waals surface area contributed by atoms with Crippen LogP contribution in [0.25, 0.3) is 0 Å². The first-order valence-corrected chi connectivity index (χ1v) is 5.16. The molecule has 92 valence electrons. The van der Waals surface area contributed by atoms with E-state index in [1.165, 1.54) is 0 Å². The number of nitriles is 1. The number of rotatable bonds is 5. The minimum atomic E-state index is -1.15. The molecule has 3 unspecified atom stereocenters. The molecule has 0 rings (SSSR count). The molecule has 0 aromatic heterocycles. The Labute approximate surface area is 95.3 Å². The van der Waals surface area contributed by atoms with E-state index in [1.807, 2.05) is 0 Å². The summed E-state index contributed by atoms with van der Waals surface area (Å²) in [7, 11) is 0. The van der Waals surface area contributed by atoms with Gasteiger partial charge in [-0.2, -0.15) is 5.26 Å². The summed E-state index contributed by atoms with van der Waals surface area (Å²) in [4.78, 5) is 11.0. The van der Waals surface area contributed by atoms with Gasteiger partial charge in [-0.15, -0.1) is 0 Å². The molecule has 3 atom stereocenters. The Bertz CT molecular complexity index is 277. The number of hydrogen-bond donors (Lipinski definition) is 3. The topological polar surface area (TPSA) is 102 Å². The summed E-state index contributed by atoms with van der Waals surface area (Å²) in [5.74, 6) is -2.05. The molecule has 0 aliphatic carbocycles. The number of carboxylic acids is 1. The molecule has 5 nitrogen and oxygen atoms in total. The number of aliphatic carboxylic acids is 1. The predicted molar refractivity (Wildman–Crippen MR) is 57.4 cm³/mol. The first-order valence-electron chi connectivity index (χ1n) is 5.16. The van der Waals surface area contributed by atoms with Crippen LogP contribution in [0.2, 0.25) is 0 Å². The van der Waals surface area contributed by atoms with Crippen LogP contribution in [0.5, 0.6) is 0 Å². The molecule has 5 heteroatoms. The van der Waals surface area contributed by atoms with Gasteiger partial charge in [0.15, 0.2) is 0 Å². The molecule has 0 saturated heterocycles. The summed E-state index contributed by atoms with van der Waals surface area (Å²) in [5, 5.41) is 36.5. The normalized spacial score (nSPS) is 17.2. The van der Waals surface area contributed by atoms with E-state index < -0.39 is 29.5 Å². The second kappa shape index (κ2) is 5.83. The van der Waals surface area contributed by atoms with Crippen molar-refractivity contribution < 1.29 is 20.1 Å². The van der Waals surface area contributed by atoms with Gasteiger partial charge in [-0.1, -0.05) is 20.8 Å². The van der Waals surface area contributed by atoms with Crippen molar-refractivity contribution in [3.05, 3.63) is 0 Å². The van der Waals surface area contributed by atoms with Crippen LogP contribution < -0.4 is 0 Å². The van der Waals surface area contributed by atoms with Crippen molar-refractivity contribution in [2.24, 2.45) is 11.3 Å². The summed E-state index contributed by atoms with van der Waals surface area (Å²) in [6, 6.07) is 1.77. The van der Waals surface area contributed by atoms with E-state index in [2.05, 4.69) is 0 Å². The highest BCUT2D eigenvalue weighted by Crippen LogP contribution is 2.31. The molecule has 0 aromatic rings. The van der Waals surface area contributed by atoms with E-state index in [0.29, 0.717) is 0 Å². The fourth-order valence-corrected chi connectivity index (χ4v) is 1.72. The zero-order valence-corrected chi connectivity index (χ0v) is 9.84. The average molecular weight is 229 g/mol. The molecule has 0 amide bonds. The molecule has 0 radical (unpaired) electrons.